The Bertz CT molecular complexity index is 28.6. The van der Waals surface area contributed by atoms with Crippen molar-refractivity contribution >= 4 is 0 Å². The summed E-state index contributed by atoms with van der Waals surface area (Å²) in [6, 6.07) is 0. The van der Waals surface area contributed by atoms with Gasteiger partial charge in [-0.15, -0.1) is 0 Å². The van der Waals surface area contributed by atoms with Crippen molar-refractivity contribution in [2.75, 3.05) is 0 Å². The second kappa shape index (κ2) is 18.8. The van der Waals surface area contributed by atoms with Crippen molar-refractivity contribution in [3.63, 3.8) is 0 Å². The van der Waals surface area contributed by atoms with Crippen LogP contribution >= 0.6 is 0 Å². The summed E-state index contributed by atoms with van der Waals surface area (Å²) in [5.41, 5.74) is 0. The first-order valence-electron chi connectivity index (χ1n) is 0.289. The second-order valence-electron chi connectivity index (χ2n) is 0.0589. The Kier molecular flexibility index (Phi) is 61.4. The summed E-state index contributed by atoms with van der Waals surface area (Å²) in [6.45, 7) is 0. The van der Waals surface area contributed by atoms with Gasteiger partial charge in [-0.25, -0.2) is 0 Å². The molecule has 0 aromatic carbocycles. The number of hydrogen-bond acceptors (Lipinski definition) is 2. The van der Waals surface area contributed by atoms with Gasteiger partial charge in [0.15, 0.2) is 0 Å². The van der Waals surface area contributed by atoms with E-state index in [2.05, 4.69) is 0 Å². The van der Waals surface area contributed by atoms with E-state index < -0.39 is 17.0 Å². The first kappa shape index (κ1) is 16.3. The molecule has 0 heterocycles. The Morgan fingerprint density at radius 3 is 1.00 bits per heavy atom. The molecule has 2 nitrogen and oxygen atoms in total. The van der Waals surface area contributed by atoms with Crippen LogP contribution in [0.5, 0.6) is 0 Å². The summed E-state index contributed by atoms with van der Waals surface area (Å²) in [5, 5.41) is 0. The summed E-state index contributed by atoms with van der Waals surface area (Å²) >= 11 is -1.79. The molecular weight excluding hydrogens is 251 g/mol. The van der Waals surface area contributed by atoms with Crippen molar-refractivity contribution in [2.45, 2.75) is 0 Å². The maximum absolute atomic E-state index is 8.46. The Hall–Kier alpha value is 1.24. The minimum atomic E-state index is -1.79. The molecule has 0 saturated heterocycles. The van der Waals surface area contributed by atoms with E-state index in [1.165, 1.54) is 0 Å². The van der Waals surface area contributed by atoms with Crippen molar-refractivity contribution in [1.82, 2.24) is 0 Å². The van der Waals surface area contributed by atoms with Crippen LogP contribution < -0.4 is 0 Å². The molecule has 0 atom stereocenters. The molecule has 0 fully saturated rings. The molecule has 5 heteroatoms. The third-order valence-electron chi connectivity index (χ3n) is 0. The zero-order valence-electron chi connectivity index (χ0n) is 1.84. The molecule has 0 N–H and O–H groups in total. The Morgan fingerprint density at radius 2 is 1.00 bits per heavy atom. The van der Waals surface area contributed by atoms with Gasteiger partial charge in [0.25, 0.3) is 0 Å². The van der Waals surface area contributed by atoms with E-state index in [9.17, 15) is 0 Å². The average molecular weight is 251 g/mol. The van der Waals surface area contributed by atoms with Crippen molar-refractivity contribution in [2.24, 2.45) is 0 Å². The zero-order chi connectivity index (χ0) is 2.71. The van der Waals surface area contributed by atoms with Crippen LogP contribution in [0.3, 0.4) is 0 Å². The van der Waals surface area contributed by atoms with E-state index in [1.54, 1.807) is 0 Å². The monoisotopic (exact) mass is 252 g/mol. The van der Waals surface area contributed by atoms with Gasteiger partial charge >= 0.3 is 24.2 Å². The van der Waals surface area contributed by atoms with Gasteiger partial charge in [0.1, 0.15) is 0 Å². The van der Waals surface area contributed by atoms with Crippen molar-refractivity contribution in [1.29, 1.82) is 0 Å². The van der Waals surface area contributed by atoms with Crippen LogP contribution in [0.15, 0.2) is 0 Å². The predicted molar refractivity (Wildman–Crippen MR) is 1.37 cm³/mol. The minimum absolute atomic E-state index is 0. The molecule has 0 unspecified atom stereocenters. The van der Waals surface area contributed by atoms with Crippen LogP contribution in [0.4, 0.5) is 0 Å². The third kappa shape index (κ3) is 35.9. The molecule has 0 bridgehead atoms. The van der Waals surface area contributed by atoms with Crippen LogP contribution in [0.1, 0.15) is 0 Å². The normalized spacial score (nSPS) is 3.20. The molecule has 0 saturated carbocycles. The van der Waals surface area contributed by atoms with Crippen LogP contribution in [0, 0.1) is 0 Å². The summed E-state index contributed by atoms with van der Waals surface area (Å²) in [5.74, 6) is 0. The second-order valence-corrected chi connectivity index (χ2v) is 0.349. The van der Waals surface area contributed by atoms with E-state index in [1.807, 2.05) is 0 Å². The average Bonchev–Trinajstić information content (AvgIpc) is 0.918. The van der Waals surface area contributed by atoms with Crippen LogP contribution in [0.2, 0.25) is 0 Å². The fourth-order valence-electron chi connectivity index (χ4n) is 0. The standard InChI is InChI=1S/2Co.2O.Ru. The molecule has 0 aromatic rings. The van der Waals surface area contributed by atoms with Crippen LogP contribution in [-0.2, 0) is 57.7 Å². The molecule has 0 aliphatic carbocycles. The molecule has 38 valence electrons. The molecular formula is Co2O2Ru. The van der Waals surface area contributed by atoms with Gasteiger partial charge in [-0.05, 0) is 0 Å². The quantitative estimate of drug-likeness (QED) is 0.556. The van der Waals surface area contributed by atoms with Gasteiger partial charge in [-0.2, -0.15) is 0 Å². The van der Waals surface area contributed by atoms with Crippen molar-refractivity contribution in [3.8, 4) is 0 Å². The van der Waals surface area contributed by atoms with Gasteiger partial charge in [0, 0.05) is 33.6 Å². The molecule has 0 aromatic heterocycles. The van der Waals surface area contributed by atoms with E-state index in [0.29, 0.717) is 0 Å². The molecule has 0 rings (SSSR count). The van der Waals surface area contributed by atoms with Crippen molar-refractivity contribution in [3.05, 3.63) is 0 Å². The van der Waals surface area contributed by atoms with E-state index >= 15 is 0 Å². The van der Waals surface area contributed by atoms with E-state index in [0.717, 1.165) is 0 Å². The van der Waals surface area contributed by atoms with Gasteiger partial charge in [-0.1, -0.05) is 0 Å². The Morgan fingerprint density at radius 1 is 1.00 bits per heavy atom. The summed E-state index contributed by atoms with van der Waals surface area (Å²) in [6.07, 6.45) is 0. The third-order valence-corrected chi connectivity index (χ3v) is 0. The Labute approximate surface area is 57.6 Å². The summed E-state index contributed by atoms with van der Waals surface area (Å²) in [4.78, 5) is 0. The maximum atomic E-state index is 8.46. The SMILES string of the molecule is [Co].[Co].[O]=[Ru]=[O]. The zero-order valence-corrected chi connectivity index (χ0v) is 5.66. The fraction of sp³-hybridized carbons (Fsp3) is 0. The number of hydrogen-bond donors (Lipinski definition) is 0. The fourth-order valence-corrected chi connectivity index (χ4v) is 0. The molecule has 0 amide bonds. The topological polar surface area (TPSA) is 34.1 Å². The predicted octanol–water partition coefficient (Wildman–Crippen LogP) is -0.245. The van der Waals surface area contributed by atoms with Gasteiger partial charge in [0.05, 0.1) is 0 Å². The molecule has 0 spiro atoms. The van der Waals surface area contributed by atoms with Gasteiger partial charge in [-0.3, -0.25) is 0 Å². The van der Waals surface area contributed by atoms with Crippen LogP contribution in [0.25, 0.3) is 0 Å². The first-order chi connectivity index (χ1) is 1.41. The summed E-state index contributed by atoms with van der Waals surface area (Å²) in [7, 11) is 0. The van der Waals surface area contributed by atoms with Gasteiger partial charge < -0.3 is 0 Å². The van der Waals surface area contributed by atoms with E-state index in [4.69, 9.17) is 7.15 Å². The number of rotatable bonds is 0. The summed E-state index contributed by atoms with van der Waals surface area (Å²) < 4.78 is 16.9. The first-order valence-corrected chi connectivity index (χ1v) is 1.71. The molecule has 2 radical (unpaired) electrons. The molecule has 0 aliphatic heterocycles. The van der Waals surface area contributed by atoms with E-state index in [-0.39, 0.29) is 33.6 Å². The molecule has 5 heavy (non-hydrogen) atoms. The van der Waals surface area contributed by atoms with Crippen molar-refractivity contribution < 1.29 is 57.7 Å². The van der Waals surface area contributed by atoms with Gasteiger partial charge in [0.2, 0.25) is 0 Å². The molecule has 0 aliphatic rings. The Balaban J connectivity index is -0.0000000200. The van der Waals surface area contributed by atoms with Crippen LogP contribution in [-0.4, -0.2) is 0 Å².